The van der Waals surface area contributed by atoms with Crippen LogP contribution in [0.1, 0.15) is 78.8 Å². The Labute approximate surface area is 293 Å². The van der Waals surface area contributed by atoms with E-state index in [1.807, 2.05) is 44.2 Å². The van der Waals surface area contributed by atoms with Crippen molar-refractivity contribution < 1.29 is 33.8 Å². The molecule has 1 aromatic rings. The third kappa shape index (κ3) is 7.43. The Morgan fingerprint density at radius 3 is 2.44 bits per heavy atom. The number of hydrogen-bond donors (Lipinski definition) is 2. The van der Waals surface area contributed by atoms with E-state index in [9.17, 15) is 24.3 Å². The number of aliphatic hydroxyl groups excluding tert-OH is 1. The molecule has 3 saturated heterocycles. The standard InChI is InChI=1S/C37H52BrN3O7/c1-9-11-17-27(43)47-21-26(24-15-13-12-14-16-24)39-32(44)28-29-33(45)41(23(3)20-42)31(37(29)19-25(38)30(28)48-37)34(46)40(18-10-2)36(7,8)22-35(4,5)6/h9-10,12-16,23,25-26,28-31,42H,1-2,11,17-22H2,3-8H3,(H,39,44)/t23-,25?,26+,28+,29-,30+,31+,37-/m1/s1. The first-order valence-corrected chi connectivity index (χ1v) is 17.7. The molecule has 11 heteroatoms. The van der Waals surface area contributed by atoms with Crippen LogP contribution in [0.4, 0.5) is 0 Å². The van der Waals surface area contributed by atoms with Gasteiger partial charge in [-0.3, -0.25) is 19.2 Å². The van der Waals surface area contributed by atoms with Crippen LogP contribution in [0.5, 0.6) is 0 Å². The van der Waals surface area contributed by atoms with E-state index in [-0.39, 0.29) is 42.3 Å². The summed E-state index contributed by atoms with van der Waals surface area (Å²) in [7, 11) is 0. The predicted molar refractivity (Wildman–Crippen MR) is 187 cm³/mol. The number of ether oxygens (including phenoxy) is 2. The number of alkyl halides is 1. The largest absolute Gasteiger partial charge is 0.463 e. The molecular weight excluding hydrogens is 678 g/mol. The van der Waals surface area contributed by atoms with Crippen LogP contribution in [0.2, 0.25) is 0 Å². The molecule has 0 radical (unpaired) electrons. The minimum Gasteiger partial charge on any atom is -0.463 e. The van der Waals surface area contributed by atoms with Gasteiger partial charge in [0, 0.05) is 23.3 Å². The van der Waals surface area contributed by atoms with Crippen molar-refractivity contribution in [2.24, 2.45) is 17.3 Å². The minimum absolute atomic E-state index is 0.0976. The summed E-state index contributed by atoms with van der Waals surface area (Å²) >= 11 is 3.74. The lowest BCUT2D eigenvalue weighted by molar-refractivity contribution is -0.155. The third-order valence-electron chi connectivity index (χ3n) is 9.76. The molecule has 8 atom stereocenters. The first-order chi connectivity index (χ1) is 22.5. The van der Waals surface area contributed by atoms with Crippen LogP contribution in [-0.4, -0.2) is 92.5 Å². The number of allylic oxidation sites excluding steroid dienone is 1. The molecule has 3 aliphatic heterocycles. The van der Waals surface area contributed by atoms with E-state index in [2.05, 4.69) is 55.2 Å². The molecule has 48 heavy (non-hydrogen) atoms. The van der Waals surface area contributed by atoms with Crippen molar-refractivity contribution in [1.29, 1.82) is 0 Å². The molecule has 3 heterocycles. The number of esters is 1. The monoisotopic (exact) mass is 729 g/mol. The second-order valence-electron chi connectivity index (χ2n) is 15.2. The average Bonchev–Trinajstić information content (AvgIpc) is 3.62. The zero-order valence-electron chi connectivity index (χ0n) is 29.1. The number of nitrogens with zero attached hydrogens (tertiary/aromatic N) is 2. The smallest absolute Gasteiger partial charge is 0.306 e. The van der Waals surface area contributed by atoms with E-state index in [4.69, 9.17) is 9.47 Å². The molecule has 1 spiro atoms. The third-order valence-corrected chi connectivity index (χ3v) is 10.6. The van der Waals surface area contributed by atoms with Gasteiger partial charge in [-0.2, -0.15) is 0 Å². The van der Waals surface area contributed by atoms with Crippen LogP contribution < -0.4 is 5.32 Å². The Balaban J connectivity index is 1.71. The minimum atomic E-state index is -1.30. The van der Waals surface area contributed by atoms with Crippen LogP contribution in [0.3, 0.4) is 0 Å². The van der Waals surface area contributed by atoms with Gasteiger partial charge < -0.3 is 29.7 Å². The highest BCUT2D eigenvalue weighted by atomic mass is 79.9. The number of halogens is 1. The molecule has 10 nitrogen and oxygen atoms in total. The molecule has 264 valence electrons. The normalized spacial score (nSPS) is 27.6. The molecule has 3 aliphatic rings. The molecular formula is C37H52BrN3O7. The van der Waals surface area contributed by atoms with Crippen molar-refractivity contribution in [3.8, 4) is 0 Å². The van der Waals surface area contributed by atoms with Gasteiger partial charge in [0.05, 0.1) is 36.6 Å². The molecule has 0 aromatic heterocycles. The molecule has 3 fully saturated rings. The fourth-order valence-electron chi connectivity index (χ4n) is 8.16. The van der Waals surface area contributed by atoms with E-state index in [1.54, 1.807) is 24.0 Å². The number of carbonyl (C=O) groups excluding carboxylic acids is 4. The van der Waals surface area contributed by atoms with Crippen molar-refractivity contribution in [1.82, 2.24) is 15.1 Å². The van der Waals surface area contributed by atoms with E-state index in [0.717, 1.165) is 5.56 Å². The maximum Gasteiger partial charge on any atom is 0.306 e. The predicted octanol–water partition coefficient (Wildman–Crippen LogP) is 4.71. The quantitative estimate of drug-likeness (QED) is 0.152. The van der Waals surface area contributed by atoms with Gasteiger partial charge in [-0.05, 0) is 51.0 Å². The maximum atomic E-state index is 14.9. The van der Waals surface area contributed by atoms with Gasteiger partial charge in [-0.15, -0.1) is 13.2 Å². The lowest BCUT2D eigenvalue weighted by Gasteiger charge is -2.46. The number of likely N-dealkylation sites (tertiary alicyclic amines) is 1. The van der Waals surface area contributed by atoms with Crippen LogP contribution in [-0.2, 0) is 28.7 Å². The van der Waals surface area contributed by atoms with Crippen molar-refractivity contribution in [3.63, 3.8) is 0 Å². The first kappa shape index (κ1) is 37.8. The topological polar surface area (TPSA) is 125 Å². The summed E-state index contributed by atoms with van der Waals surface area (Å²) in [6.07, 6.45) is 4.31. The van der Waals surface area contributed by atoms with E-state index < -0.39 is 65.0 Å². The Morgan fingerprint density at radius 1 is 1.19 bits per heavy atom. The molecule has 3 amide bonds. The highest BCUT2D eigenvalue weighted by molar-refractivity contribution is 9.09. The second kappa shape index (κ2) is 14.8. The van der Waals surface area contributed by atoms with Gasteiger partial charge in [-0.1, -0.05) is 79.2 Å². The molecule has 2 N–H and O–H groups in total. The highest BCUT2D eigenvalue weighted by Gasteiger charge is 2.77. The number of aliphatic hydroxyl groups is 1. The molecule has 0 aliphatic carbocycles. The van der Waals surface area contributed by atoms with Crippen molar-refractivity contribution in [2.75, 3.05) is 19.8 Å². The average molecular weight is 731 g/mol. The Morgan fingerprint density at radius 2 is 1.85 bits per heavy atom. The fraction of sp³-hybridized carbons (Fsp3) is 0.622. The molecule has 1 unspecified atom stereocenters. The molecule has 2 bridgehead atoms. The van der Waals surface area contributed by atoms with Gasteiger partial charge in [0.15, 0.2) is 0 Å². The molecule has 1 aromatic carbocycles. The van der Waals surface area contributed by atoms with Gasteiger partial charge in [0.1, 0.15) is 18.2 Å². The number of nitrogens with one attached hydrogen (secondary N) is 1. The van der Waals surface area contributed by atoms with Gasteiger partial charge in [0.2, 0.25) is 17.7 Å². The first-order valence-electron chi connectivity index (χ1n) is 16.8. The summed E-state index contributed by atoms with van der Waals surface area (Å²) in [5, 5.41) is 13.4. The van der Waals surface area contributed by atoms with Crippen molar-refractivity contribution in [2.45, 2.75) is 107 Å². The number of rotatable bonds is 15. The summed E-state index contributed by atoms with van der Waals surface area (Å²) < 4.78 is 12.2. The van der Waals surface area contributed by atoms with Crippen LogP contribution in [0.15, 0.2) is 55.6 Å². The Kier molecular flexibility index (Phi) is 11.7. The van der Waals surface area contributed by atoms with Gasteiger partial charge >= 0.3 is 5.97 Å². The van der Waals surface area contributed by atoms with E-state index in [0.29, 0.717) is 19.3 Å². The van der Waals surface area contributed by atoms with E-state index >= 15 is 0 Å². The lowest BCUT2D eigenvalue weighted by Crippen LogP contribution is -2.62. The molecule has 4 rings (SSSR count). The van der Waals surface area contributed by atoms with Crippen LogP contribution in [0.25, 0.3) is 0 Å². The number of fused-ring (bicyclic) bond motifs is 1. The zero-order valence-corrected chi connectivity index (χ0v) is 30.7. The summed E-state index contributed by atoms with van der Waals surface area (Å²) in [5.74, 6) is -3.41. The number of benzene rings is 1. The van der Waals surface area contributed by atoms with Gasteiger partial charge in [0.25, 0.3) is 0 Å². The SMILES string of the molecule is C=CCCC(=O)OC[C@H](NC(=O)[C@@H]1[C@H]2O[C@@]3(CC2Br)[C@H](C(=O)N(CC=C)C(C)(C)CC(C)(C)C)N([C@H](C)CO)C(=O)[C@@H]13)c1ccccc1. The summed E-state index contributed by atoms with van der Waals surface area (Å²) in [5.41, 5.74) is -1.27. The summed E-state index contributed by atoms with van der Waals surface area (Å²) in [6.45, 7) is 19.4. The Bertz CT molecular complexity index is 1380. The summed E-state index contributed by atoms with van der Waals surface area (Å²) in [6, 6.07) is 6.75. The van der Waals surface area contributed by atoms with Crippen LogP contribution >= 0.6 is 15.9 Å². The van der Waals surface area contributed by atoms with Crippen LogP contribution in [0, 0.1) is 17.3 Å². The summed E-state index contributed by atoms with van der Waals surface area (Å²) in [4.78, 5) is 59.0. The second-order valence-corrected chi connectivity index (χ2v) is 16.4. The number of amides is 3. The lowest BCUT2D eigenvalue weighted by atomic mass is 9.70. The van der Waals surface area contributed by atoms with Gasteiger partial charge in [-0.25, -0.2) is 0 Å². The number of hydrogen-bond acceptors (Lipinski definition) is 7. The highest BCUT2D eigenvalue weighted by Crippen LogP contribution is 2.60. The fourth-order valence-corrected chi connectivity index (χ4v) is 9.10. The Hall–Kier alpha value is -3.02. The van der Waals surface area contributed by atoms with Crippen molar-refractivity contribution in [3.05, 3.63) is 61.2 Å². The van der Waals surface area contributed by atoms with E-state index in [1.165, 1.54) is 4.90 Å². The molecule has 0 saturated carbocycles. The van der Waals surface area contributed by atoms with Crippen molar-refractivity contribution >= 4 is 39.6 Å². The number of carbonyl (C=O) groups is 4. The zero-order chi connectivity index (χ0) is 35.6. The maximum absolute atomic E-state index is 14.9.